The molecule has 0 atom stereocenters. The number of nitrogens with one attached hydrogen (secondary N) is 1. The first-order valence-electron chi connectivity index (χ1n) is 7.13. The lowest BCUT2D eigenvalue weighted by atomic mass is 10.2. The second-order valence-electron chi connectivity index (χ2n) is 5.17. The monoisotopic (exact) mass is 447 g/mol. The molecule has 2 rings (SSSR count). The van der Waals surface area contributed by atoms with Crippen molar-refractivity contribution >= 4 is 29.9 Å². The second-order valence-corrected chi connectivity index (χ2v) is 5.17. The number of aliphatic imine (C=N–C) groups is 1. The van der Waals surface area contributed by atoms with E-state index >= 15 is 0 Å². The number of benzene rings is 2. The van der Waals surface area contributed by atoms with E-state index in [2.05, 4.69) is 10.3 Å². The molecule has 0 bridgehead atoms. The molecular weight excluding hydrogens is 427 g/mol. The van der Waals surface area contributed by atoms with Crippen LogP contribution in [0.5, 0.6) is 5.75 Å². The third kappa shape index (κ3) is 5.63. The van der Waals surface area contributed by atoms with Crippen molar-refractivity contribution in [2.45, 2.75) is 13.1 Å². The van der Waals surface area contributed by atoms with Crippen molar-refractivity contribution in [3.8, 4) is 5.75 Å². The topological polar surface area (TPSA) is 47.9 Å². The summed E-state index contributed by atoms with van der Waals surface area (Å²) in [5.74, 6) is -0.713. The fourth-order valence-corrected chi connectivity index (χ4v) is 2.21. The van der Waals surface area contributed by atoms with Crippen LogP contribution in [-0.2, 0) is 13.1 Å². The molecule has 0 saturated heterocycles. The van der Waals surface area contributed by atoms with Crippen molar-refractivity contribution in [1.82, 2.24) is 10.2 Å². The number of halogens is 3. The molecule has 0 aromatic heterocycles. The minimum absolute atomic E-state index is 0. The van der Waals surface area contributed by atoms with E-state index in [1.807, 2.05) is 18.0 Å². The SMILES string of the molecule is CN=C(NCc1ccc(O)c(F)c1)N(C)Cc1cccc(F)c1.I. The summed E-state index contributed by atoms with van der Waals surface area (Å²) in [4.78, 5) is 6.00. The van der Waals surface area contributed by atoms with Gasteiger partial charge in [0.1, 0.15) is 5.82 Å². The first kappa shape index (κ1) is 20.1. The highest BCUT2D eigenvalue weighted by molar-refractivity contribution is 14.0. The van der Waals surface area contributed by atoms with Gasteiger partial charge in [-0.1, -0.05) is 18.2 Å². The minimum Gasteiger partial charge on any atom is -0.505 e. The van der Waals surface area contributed by atoms with Crippen molar-refractivity contribution in [2.75, 3.05) is 14.1 Å². The van der Waals surface area contributed by atoms with Crippen LogP contribution in [0.1, 0.15) is 11.1 Å². The molecule has 0 heterocycles. The van der Waals surface area contributed by atoms with Gasteiger partial charge in [0.15, 0.2) is 17.5 Å². The summed E-state index contributed by atoms with van der Waals surface area (Å²) >= 11 is 0. The fraction of sp³-hybridized carbons (Fsp3) is 0.235. The molecule has 0 aliphatic rings. The first-order valence-corrected chi connectivity index (χ1v) is 7.13. The Kier molecular flexibility index (Phi) is 7.90. The van der Waals surface area contributed by atoms with E-state index in [1.165, 1.54) is 24.3 Å². The van der Waals surface area contributed by atoms with Gasteiger partial charge >= 0.3 is 0 Å². The normalized spacial score (nSPS) is 10.9. The zero-order chi connectivity index (χ0) is 16.8. The summed E-state index contributed by atoms with van der Waals surface area (Å²) in [6.07, 6.45) is 0. The Morgan fingerprint density at radius 3 is 2.54 bits per heavy atom. The lowest BCUT2D eigenvalue weighted by Gasteiger charge is -2.22. The molecule has 130 valence electrons. The average molecular weight is 447 g/mol. The van der Waals surface area contributed by atoms with E-state index < -0.39 is 5.82 Å². The van der Waals surface area contributed by atoms with Crippen LogP contribution in [0.3, 0.4) is 0 Å². The van der Waals surface area contributed by atoms with Crippen LogP contribution in [-0.4, -0.2) is 30.1 Å². The lowest BCUT2D eigenvalue weighted by molar-refractivity contribution is 0.431. The van der Waals surface area contributed by atoms with Gasteiger partial charge in [0.25, 0.3) is 0 Å². The lowest BCUT2D eigenvalue weighted by Crippen LogP contribution is -2.38. The van der Waals surface area contributed by atoms with Crippen molar-refractivity contribution in [1.29, 1.82) is 0 Å². The zero-order valence-corrected chi connectivity index (χ0v) is 15.8. The van der Waals surface area contributed by atoms with Gasteiger partial charge in [0.05, 0.1) is 0 Å². The molecule has 2 aromatic carbocycles. The van der Waals surface area contributed by atoms with Crippen LogP contribution in [0.15, 0.2) is 47.5 Å². The highest BCUT2D eigenvalue weighted by Crippen LogP contribution is 2.16. The van der Waals surface area contributed by atoms with Crippen LogP contribution >= 0.6 is 24.0 Å². The van der Waals surface area contributed by atoms with Crippen molar-refractivity contribution < 1.29 is 13.9 Å². The van der Waals surface area contributed by atoms with E-state index in [9.17, 15) is 13.9 Å². The second kappa shape index (κ2) is 9.41. The Morgan fingerprint density at radius 1 is 1.17 bits per heavy atom. The number of guanidine groups is 1. The first-order chi connectivity index (χ1) is 11.0. The van der Waals surface area contributed by atoms with Gasteiger partial charge in [-0.05, 0) is 35.4 Å². The molecule has 7 heteroatoms. The largest absolute Gasteiger partial charge is 0.505 e. The number of nitrogens with zero attached hydrogens (tertiary/aromatic N) is 2. The maximum Gasteiger partial charge on any atom is 0.193 e. The molecule has 2 N–H and O–H groups in total. The van der Waals surface area contributed by atoms with E-state index in [-0.39, 0.29) is 35.5 Å². The van der Waals surface area contributed by atoms with Gasteiger partial charge in [-0.25, -0.2) is 8.78 Å². The Hall–Kier alpha value is -1.90. The number of hydrogen-bond acceptors (Lipinski definition) is 2. The standard InChI is InChI=1S/C17H19F2N3O.HI/c1-20-17(21-10-12-6-7-16(23)15(19)9-12)22(2)11-13-4-3-5-14(18)8-13;/h3-9,23H,10-11H2,1-2H3,(H,20,21);1H. The van der Waals surface area contributed by atoms with Crippen LogP contribution in [0, 0.1) is 11.6 Å². The summed E-state index contributed by atoms with van der Waals surface area (Å²) in [5, 5.41) is 12.3. The van der Waals surface area contributed by atoms with Crippen molar-refractivity contribution in [3.05, 3.63) is 65.2 Å². The van der Waals surface area contributed by atoms with Gasteiger partial charge in [-0.3, -0.25) is 4.99 Å². The van der Waals surface area contributed by atoms with Crippen LogP contribution in [0.25, 0.3) is 0 Å². The molecule has 0 spiro atoms. The molecule has 0 aliphatic carbocycles. The smallest absolute Gasteiger partial charge is 0.193 e. The predicted molar refractivity (Wildman–Crippen MR) is 102 cm³/mol. The number of rotatable bonds is 4. The van der Waals surface area contributed by atoms with Gasteiger partial charge in [-0.2, -0.15) is 0 Å². The quantitative estimate of drug-likeness (QED) is 0.429. The average Bonchev–Trinajstić information content (AvgIpc) is 2.51. The molecule has 0 saturated carbocycles. The number of phenols is 1. The van der Waals surface area contributed by atoms with Gasteiger partial charge in [0.2, 0.25) is 0 Å². The molecule has 4 nitrogen and oxygen atoms in total. The molecular formula is C17H20F2IN3O. The molecule has 0 amide bonds. The Labute approximate surface area is 157 Å². The summed E-state index contributed by atoms with van der Waals surface area (Å²) in [6.45, 7) is 0.846. The minimum atomic E-state index is -0.660. The van der Waals surface area contributed by atoms with Crippen LogP contribution in [0.2, 0.25) is 0 Å². The zero-order valence-electron chi connectivity index (χ0n) is 13.5. The van der Waals surface area contributed by atoms with Gasteiger partial charge < -0.3 is 15.3 Å². The van der Waals surface area contributed by atoms with Crippen LogP contribution in [0.4, 0.5) is 8.78 Å². The molecule has 0 aliphatic heterocycles. The Bertz CT molecular complexity index is 710. The van der Waals surface area contributed by atoms with Crippen LogP contribution < -0.4 is 5.32 Å². The van der Waals surface area contributed by atoms with E-state index in [1.54, 1.807) is 19.2 Å². The van der Waals surface area contributed by atoms with Gasteiger partial charge in [0, 0.05) is 27.2 Å². The van der Waals surface area contributed by atoms with Crippen molar-refractivity contribution in [2.24, 2.45) is 4.99 Å². The fourth-order valence-electron chi connectivity index (χ4n) is 2.21. The number of hydrogen-bond donors (Lipinski definition) is 2. The third-order valence-electron chi connectivity index (χ3n) is 3.34. The highest BCUT2D eigenvalue weighted by Gasteiger charge is 2.08. The summed E-state index contributed by atoms with van der Waals surface area (Å²) in [7, 11) is 3.47. The third-order valence-corrected chi connectivity index (χ3v) is 3.34. The molecule has 24 heavy (non-hydrogen) atoms. The van der Waals surface area contributed by atoms with Crippen molar-refractivity contribution in [3.63, 3.8) is 0 Å². The molecule has 0 unspecified atom stereocenters. The molecule has 2 aromatic rings. The Morgan fingerprint density at radius 2 is 1.92 bits per heavy atom. The summed E-state index contributed by atoms with van der Waals surface area (Å²) < 4.78 is 26.5. The molecule has 0 fully saturated rings. The van der Waals surface area contributed by atoms with Gasteiger partial charge in [-0.15, -0.1) is 24.0 Å². The van der Waals surface area contributed by atoms with E-state index in [4.69, 9.17) is 0 Å². The highest BCUT2D eigenvalue weighted by atomic mass is 127. The van der Waals surface area contributed by atoms with E-state index in [0.29, 0.717) is 24.6 Å². The Balaban J connectivity index is 0.00000288. The number of phenolic OH excluding ortho intramolecular Hbond substituents is 1. The maximum atomic E-state index is 13.3. The predicted octanol–water partition coefficient (Wildman–Crippen LogP) is 3.50. The maximum absolute atomic E-state index is 13.3. The summed E-state index contributed by atoms with van der Waals surface area (Å²) in [6, 6.07) is 10.6. The number of aromatic hydroxyl groups is 1. The molecule has 0 radical (unpaired) electrons. The van der Waals surface area contributed by atoms with E-state index in [0.717, 1.165) is 5.56 Å². The summed E-state index contributed by atoms with van der Waals surface area (Å²) in [5.41, 5.74) is 1.51.